The normalized spacial score (nSPS) is 11.8. The first-order chi connectivity index (χ1) is 14.3. The fraction of sp³-hybridized carbons (Fsp3) is 0.391. The van der Waals surface area contributed by atoms with Crippen LogP contribution < -0.4 is 0 Å². The van der Waals surface area contributed by atoms with Gasteiger partial charge in [0, 0.05) is 42.2 Å². The number of methoxy groups -OCH3 is 1. The first-order valence-corrected chi connectivity index (χ1v) is 11.3. The smallest absolute Gasteiger partial charge is 0.191 e. The van der Waals surface area contributed by atoms with Crippen molar-refractivity contribution in [3.8, 4) is 11.4 Å². The number of ether oxygens (including phenoxy) is 1. The fourth-order valence-corrected chi connectivity index (χ4v) is 4.41. The van der Waals surface area contributed by atoms with Crippen molar-refractivity contribution in [2.75, 3.05) is 13.7 Å². The Kier molecular flexibility index (Phi) is 7.55. The predicted molar refractivity (Wildman–Crippen MR) is 122 cm³/mol. The van der Waals surface area contributed by atoms with Crippen LogP contribution in [0.2, 0.25) is 5.02 Å². The van der Waals surface area contributed by atoms with E-state index < -0.39 is 0 Å². The molecule has 160 valence electrons. The third-order valence-electron chi connectivity index (χ3n) is 4.86. The van der Waals surface area contributed by atoms with Crippen LogP contribution in [0.3, 0.4) is 0 Å². The topological polar surface area (TPSA) is 39.9 Å². The van der Waals surface area contributed by atoms with E-state index in [-0.39, 0.29) is 11.2 Å². The zero-order chi connectivity index (χ0) is 21.7. The van der Waals surface area contributed by atoms with Crippen molar-refractivity contribution >= 4 is 23.4 Å². The van der Waals surface area contributed by atoms with E-state index in [1.807, 2.05) is 0 Å². The maximum Gasteiger partial charge on any atom is 0.191 e. The zero-order valence-electron chi connectivity index (χ0n) is 17.8. The maximum absolute atomic E-state index is 14.1. The van der Waals surface area contributed by atoms with Crippen molar-refractivity contribution in [3.63, 3.8) is 0 Å². The van der Waals surface area contributed by atoms with Crippen LogP contribution in [-0.2, 0) is 22.4 Å². The molecule has 0 saturated heterocycles. The summed E-state index contributed by atoms with van der Waals surface area (Å²) in [7, 11) is 1.69. The highest BCUT2D eigenvalue weighted by atomic mass is 35.5. The Balaban J connectivity index is 1.88. The number of thioether (sulfide) groups is 1. The van der Waals surface area contributed by atoms with Gasteiger partial charge in [0.25, 0.3) is 0 Å². The highest BCUT2D eigenvalue weighted by molar-refractivity contribution is 7.98. The second-order valence-corrected chi connectivity index (χ2v) is 9.47. The molecular formula is C23H27ClFN3OS. The Labute approximate surface area is 186 Å². The van der Waals surface area contributed by atoms with Gasteiger partial charge in [0.05, 0.1) is 0 Å². The number of hydrogen-bond acceptors (Lipinski definition) is 4. The molecule has 0 spiro atoms. The Hall–Kier alpha value is -1.89. The molecule has 0 N–H and O–H groups in total. The average molecular weight is 448 g/mol. The van der Waals surface area contributed by atoms with Gasteiger partial charge in [-0.3, -0.25) is 0 Å². The molecule has 7 heteroatoms. The lowest BCUT2D eigenvalue weighted by molar-refractivity contribution is 0.189. The highest BCUT2D eigenvalue weighted by Gasteiger charge is 2.18. The zero-order valence-corrected chi connectivity index (χ0v) is 19.4. The van der Waals surface area contributed by atoms with Gasteiger partial charge in [-0.1, -0.05) is 74.5 Å². The summed E-state index contributed by atoms with van der Waals surface area (Å²) in [6.45, 7) is 7.93. The largest absolute Gasteiger partial charge is 0.385 e. The van der Waals surface area contributed by atoms with Crippen LogP contribution in [0.25, 0.3) is 11.4 Å². The van der Waals surface area contributed by atoms with E-state index in [1.54, 1.807) is 19.2 Å². The minimum absolute atomic E-state index is 0.0880. The summed E-state index contributed by atoms with van der Waals surface area (Å²) in [6.07, 6.45) is 0.829. The van der Waals surface area contributed by atoms with Gasteiger partial charge in [0.15, 0.2) is 11.0 Å². The number of nitrogens with zero attached hydrogens (tertiary/aromatic N) is 3. The molecule has 1 aromatic heterocycles. The van der Waals surface area contributed by atoms with Crippen LogP contribution in [0, 0.1) is 5.82 Å². The molecule has 0 saturated carbocycles. The Morgan fingerprint density at radius 3 is 2.47 bits per heavy atom. The van der Waals surface area contributed by atoms with E-state index >= 15 is 0 Å². The molecule has 30 heavy (non-hydrogen) atoms. The second-order valence-electron chi connectivity index (χ2n) is 8.12. The quantitative estimate of drug-likeness (QED) is 0.297. The lowest BCUT2D eigenvalue weighted by Crippen LogP contribution is -2.10. The summed E-state index contributed by atoms with van der Waals surface area (Å²) in [6, 6.07) is 13.2. The number of rotatable bonds is 8. The third-order valence-corrected chi connectivity index (χ3v) is 6.21. The van der Waals surface area contributed by atoms with Gasteiger partial charge >= 0.3 is 0 Å². The van der Waals surface area contributed by atoms with Crippen molar-refractivity contribution in [1.82, 2.24) is 14.8 Å². The standard InChI is InChI=1S/C23H27ClFN3OS/c1-23(2,3)17-11-9-16(10-12-17)21-26-27-22(28(21)13-6-14-29-4)30-15-18-19(24)7-5-8-20(18)25/h5,7-12H,6,13-15H2,1-4H3. The first kappa shape index (κ1) is 22.8. The molecule has 2 aromatic carbocycles. The molecule has 0 atom stereocenters. The molecule has 0 fully saturated rings. The van der Waals surface area contributed by atoms with Crippen LogP contribution in [0.1, 0.15) is 38.3 Å². The molecule has 0 aliphatic rings. The molecule has 0 aliphatic heterocycles. The fourth-order valence-electron chi connectivity index (χ4n) is 3.10. The number of hydrogen-bond donors (Lipinski definition) is 0. The molecule has 3 rings (SSSR count). The van der Waals surface area contributed by atoms with E-state index in [9.17, 15) is 4.39 Å². The lowest BCUT2D eigenvalue weighted by atomic mass is 9.87. The first-order valence-electron chi connectivity index (χ1n) is 9.90. The third kappa shape index (κ3) is 5.42. The van der Waals surface area contributed by atoms with Gasteiger partial charge < -0.3 is 9.30 Å². The Morgan fingerprint density at radius 1 is 1.10 bits per heavy atom. The molecule has 0 amide bonds. The summed E-state index contributed by atoms with van der Waals surface area (Å²) in [5, 5.41) is 9.98. The van der Waals surface area contributed by atoms with E-state index in [4.69, 9.17) is 16.3 Å². The molecule has 0 bridgehead atoms. The maximum atomic E-state index is 14.1. The van der Waals surface area contributed by atoms with E-state index in [2.05, 4.69) is 59.8 Å². The van der Waals surface area contributed by atoms with E-state index in [1.165, 1.54) is 23.4 Å². The van der Waals surface area contributed by atoms with Crippen LogP contribution in [0.4, 0.5) is 4.39 Å². The predicted octanol–water partition coefficient (Wildman–Crippen LogP) is 6.36. The monoisotopic (exact) mass is 447 g/mol. The number of aromatic nitrogens is 3. The van der Waals surface area contributed by atoms with Gasteiger partial charge in [-0.2, -0.15) is 0 Å². The van der Waals surface area contributed by atoms with Gasteiger partial charge in [-0.15, -0.1) is 10.2 Å². The van der Waals surface area contributed by atoms with Crippen LogP contribution in [0.5, 0.6) is 0 Å². The Bertz CT molecular complexity index is 963. The van der Waals surface area contributed by atoms with Gasteiger partial charge in [0.1, 0.15) is 5.82 Å². The molecular weight excluding hydrogens is 421 g/mol. The van der Waals surface area contributed by atoms with Crippen molar-refractivity contribution < 1.29 is 9.13 Å². The molecule has 0 aliphatic carbocycles. The van der Waals surface area contributed by atoms with Gasteiger partial charge in [-0.25, -0.2) is 4.39 Å². The van der Waals surface area contributed by atoms with Crippen LogP contribution in [-0.4, -0.2) is 28.5 Å². The summed E-state index contributed by atoms with van der Waals surface area (Å²) >= 11 is 7.61. The highest BCUT2D eigenvalue weighted by Crippen LogP contribution is 2.31. The number of halogens is 2. The minimum atomic E-state index is -0.307. The Morgan fingerprint density at radius 2 is 1.83 bits per heavy atom. The average Bonchev–Trinajstić information content (AvgIpc) is 3.10. The van der Waals surface area contributed by atoms with Crippen molar-refractivity contribution in [2.24, 2.45) is 0 Å². The summed E-state index contributed by atoms with van der Waals surface area (Å²) in [5.74, 6) is 0.879. The SMILES string of the molecule is COCCCn1c(SCc2c(F)cccc2Cl)nnc1-c1ccc(C(C)(C)C)cc1. The van der Waals surface area contributed by atoms with Gasteiger partial charge in [-0.05, 0) is 29.5 Å². The van der Waals surface area contributed by atoms with Crippen molar-refractivity contribution in [1.29, 1.82) is 0 Å². The molecule has 0 unspecified atom stereocenters. The molecule has 4 nitrogen and oxygen atoms in total. The van der Waals surface area contributed by atoms with Crippen molar-refractivity contribution in [3.05, 3.63) is 64.4 Å². The number of benzene rings is 2. The second kappa shape index (κ2) is 9.94. The van der Waals surface area contributed by atoms with Crippen LogP contribution in [0.15, 0.2) is 47.6 Å². The van der Waals surface area contributed by atoms with E-state index in [0.29, 0.717) is 29.5 Å². The minimum Gasteiger partial charge on any atom is -0.385 e. The summed E-state index contributed by atoms with van der Waals surface area (Å²) in [4.78, 5) is 0. The van der Waals surface area contributed by atoms with Crippen LogP contribution >= 0.6 is 23.4 Å². The summed E-state index contributed by atoms with van der Waals surface area (Å²) < 4.78 is 21.4. The lowest BCUT2D eigenvalue weighted by Gasteiger charge is -2.19. The van der Waals surface area contributed by atoms with Crippen molar-refractivity contribution in [2.45, 2.75) is 50.1 Å². The molecule has 3 aromatic rings. The molecule has 1 heterocycles. The summed E-state index contributed by atoms with van der Waals surface area (Å²) in [5.41, 5.74) is 2.83. The van der Waals surface area contributed by atoms with E-state index in [0.717, 1.165) is 23.0 Å². The van der Waals surface area contributed by atoms with Gasteiger partial charge in [0.2, 0.25) is 0 Å². The molecule has 0 radical (unpaired) electrons.